The standard InChI is InChI=1S/C16H18N2O5S/c17-13-4-6-15(7-5-13)24(21,22)18-9-8-12-2-1-3-14(10-12)23-11-16(19)20/h1-7,10,18H,8-9,11,17H2,(H,19,20). The number of carboxylic acids is 1. The number of benzene rings is 2. The summed E-state index contributed by atoms with van der Waals surface area (Å²) < 4.78 is 31.9. The van der Waals surface area contributed by atoms with Crippen LogP contribution in [-0.4, -0.2) is 32.6 Å². The third kappa shape index (κ3) is 5.25. The Morgan fingerprint density at radius 1 is 1.17 bits per heavy atom. The van der Waals surface area contributed by atoms with E-state index in [1.165, 1.54) is 24.3 Å². The lowest BCUT2D eigenvalue weighted by atomic mass is 10.1. The molecule has 8 heteroatoms. The van der Waals surface area contributed by atoms with Crippen LogP contribution in [0.4, 0.5) is 5.69 Å². The molecule has 0 saturated carbocycles. The molecule has 128 valence electrons. The van der Waals surface area contributed by atoms with Gasteiger partial charge in [-0.3, -0.25) is 0 Å². The molecule has 0 spiro atoms. The average molecular weight is 350 g/mol. The molecule has 0 atom stereocenters. The Kier molecular flexibility index (Phi) is 5.78. The molecule has 2 aromatic carbocycles. The monoisotopic (exact) mass is 350 g/mol. The van der Waals surface area contributed by atoms with Crippen molar-refractivity contribution in [3.05, 3.63) is 54.1 Å². The van der Waals surface area contributed by atoms with Gasteiger partial charge in [0.25, 0.3) is 0 Å². The molecule has 0 aliphatic carbocycles. The molecular weight excluding hydrogens is 332 g/mol. The van der Waals surface area contributed by atoms with Crippen molar-refractivity contribution in [3.8, 4) is 5.75 Å². The quantitative estimate of drug-likeness (QED) is 0.617. The van der Waals surface area contributed by atoms with Gasteiger partial charge in [0.2, 0.25) is 10.0 Å². The minimum Gasteiger partial charge on any atom is -0.482 e. The summed E-state index contributed by atoms with van der Waals surface area (Å²) in [5.74, 6) is -0.632. The Balaban J connectivity index is 1.92. The highest BCUT2D eigenvalue weighted by Crippen LogP contribution is 2.14. The molecule has 0 amide bonds. The zero-order valence-electron chi connectivity index (χ0n) is 12.8. The van der Waals surface area contributed by atoms with Crippen molar-refractivity contribution in [3.63, 3.8) is 0 Å². The van der Waals surface area contributed by atoms with E-state index >= 15 is 0 Å². The molecule has 0 aliphatic rings. The van der Waals surface area contributed by atoms with Crippen molar-refractivity contribution in [2.45, 2.75) is 11.3 Å². The number of aliphatic carboxylic acids is 1. The maximum absolute atomic E-state index is 12.1. The lowest BCUT2D eigenvalue weighted by Crippen LogP contribution is -2.26. The smallest absolute Gasteiger partial charge is 0.341 e. The Morgan fingerprint density at radius 3 is 2.54 bits per heavy atom. The molecule has 0 fully saturated rings. The van der Waals surface area contributed by atoms with E-state index < -0.39 is 22.6 Å². The van der Waals surface area contributed by atoms with Gasteiger partial charge in [-0.1, -0.05) is 12.1 Å². The van der Waals surface area contributed by atoms with Crippen molar-refractivity contribution in [2.24, 2.45) is 0 Å². The van der Waals surface area contributed by atoms with Gasteiger partial charge in [-0.25, -0.2) is 17.9 Å². The van der Waals surface area contributed by atoms with E-state index in [2.05, 4.69) is 4.72 Å². The molecular formula is C16H18N2O5S. The van der Waals surface area contributed by atoms with E-state index in [9.17, 15) is 13.2 Å². The maximum atomic E-state index is 12.1. The molecule has 0 bridgehead atoms. The molecule has 0 unspecified atom stereocenters. The highest BCUT2D eigenvalue weighted by molar-refractivity contribution is 7.89. The first-order valence-corrected chi connectivity index (χ1v) is 8.64. The molecule has 0 radical (unpaired) electrons. The van der Waals surface area contributed by atoms with Gasteiger partial charge in [0.05, 0.1) is 4.90 Å². The molecule has 0 heterocycles. The maximum Gasteiger partial charge on any atom is 0.341 e. The normalized spacial score (nSPS) is 11.2. The van der Waals surface area contributed by atoms with E-state index in [4.69, 9.17) is 15.6 Å². The number of carbonyl (C=O) groups is 1. The number of nitrogens with one attached hydrogen (secondary N) is 1. The van der Waals surface area contributed by atoms with Gasteiger partial charge in [-0.05, 0) is 48.4 Å². The molecule has 7 nitrogen and oxygen atoms in total. The number of ether oxygens (including phenoxy) is 1. The number of nitrogens with two attached hydrogens (primary N) is 1. The first-order chi connectivity index (χ1) is 11.4. The molecule has 0 aliphatic heterocycles. The Bertz CT molecular complexity index is 803. The minimum atomic E-state index is -3.59. The molecule has 0 aromatic heterocycles. The zero-order chi connectivity index (χ0) is 17.6. The van der Waals surface area contributed by atoms with Crippen LogP contribution in [0.2, 0.25) is 0 Å². The predicted molar refractivity (Wildman–Crippen MR) is 89.3 cm³/mol. The van der Waals surface area contributed by atoms with Crippen LogP contribution >= 0.6 is 0 Å². The van der Waals surface area contributed by atoms with E-state index in [1.54, 1.807) is 18.2 Å². The van der Waals surface area contributed by atoms with Crippen molar-refractivity contribution < 1.29 is 23.1 Å². The molecule has 2 aromatic rings. The fourth-order valence-electron chi connectivity index (χ4n) is 2.00. The van der Waals surface area contributed by atoms with E-state index in [-0.39, 0.29) is 11.4 Å². The van der Waals surface area contributed by atoms with Gasteiger partial charge in [-0.2, -0.15) is 0 Å². The predicted octanol–water partition coefficient (Wildman–Crippen LogP) is 1.25. The number of nitrogen functional groups attached to an aromatic ring is 1. The zero-order valence-corrected chi connectivity index (χ0v) is 13.6. The van der Waals surface area contributed by atoms with Crippen LogP contribution in [0.1, 0.15) is 5.56 Å². The number of hydrogen-bond acceptors (Lipinski definition) is 5. The van der Waals surface area contributed by atoms with Crippen LogP contribution in [-0.2, 0) is 21.2 Å². The van der Waals surface area contributed by atoms with Gasteiger partial charge in [-0.15, -0.1) is 0 Å². The SMILES string of the molecule is Nc1ccc(S(=O)(=O)NCCc2cccc(OCC(=O)O)c2)cc1. The van der Waals surface area contributed by atoms with Crippen molar-refractivity contribution in [2.75, 3.05) is 18.9 Å². The molecule has 4 N–H and O–H groups in total. The number of sulfonamides is 1. The van der Waals surface area contributed by atoms with Gasteiger partial charge >= 0.3 is 5.97 Å². The Labute approximate surface area is 140 Å². The van der Waals surface area contributed by atoms with Crippen LogP contribution in [0.25, 0.3) is 0 Å². The third-order valence-corrected chi connectivity index (χ3v) is 4.63. The average Bonchev–Trinajstić information content (AvgIpc) is 2.53. The van der Waals surface area contributed by atoms with Crippen LogP contribution in [0, 0.1) is 0 Å². The summed E-state index contributed by atoms with van der Waals surface area (Å²) in [7, 11) is -3.59. The van der Waals surface area contributed by atoms with Crippen LogP contribution < -0.4 is 15.2 Å². The van der Waals surface area contributed by atoms with Crippen LogP contribution in [0.5, 0.6) is 5.75 Å². The van der Waals surface area contributed by atoms with Gasteiger partial charge in [0.15, 0.2) is 6.61 Å². The second-order valence-electron chi connectivity index (χ2n) is 5.05. The van der Waals surface area contributed by atoms with Crippen LogP contribution in [0.3, 0.4) is 0 Å². The number of rotatable bonds is 8. The summed E-state index contributed by atoms with van der Waals surface area (Å²) in [6.07, 6.45) is 0.443. The Hall–Kier alpha value is -2.58. The largest absolute Gasteiger partial charge is 0.482 e. The number of carboxylic acid groups (broad SMARTS) is 1. The van der Waals surface area contributed by atoms with Crippen molar-refractivity contribution in [1.29, 1.82) is 0 Å². The first-order valence-electron chi connectivity index (χ1n) is 7.15. The first kappa shape index (κ1) is 17.8. The van der Waals surface area contributed by atoms with E-state index in [1.807, 2.05) is 6.07 Å². The lowest BCUT2D eigenvalue weighted by molar-refractivity contribution is -0.139. The summed E-state index contributed by atoms with van der Waals surface area (Å²) in [4.78, 5) is 10.6. The van der Waals surface area contributed by atoms with Gasteiger partial charge in [0, 0.05) is 12.2 Å². The topological polar surface area (TPSA) is 119 Å². The van der Waals surface area contributed by atoms with Crippen molar-refractivity contribution >= 4 is 21.7 Å². The summed E-state index contributed by atoms with van der Waals surface area (Å²) >= 11 is 0. The molecule has 0 saturated heterocycles. The summed E-state index contributed by atoms with van der Waals surface area (Å²) in [5, 5.41) is 8.59. The summed E-state index contributed by atoms with van der Waals surface area (Å²) in [5.41, 5.74) is 6.86. The second-order valence-corrected chi connectivity index (χ2v) is 6.81. The van der Waals surface area contributed by atoms with Gasteiger partial charge in [0.1, 0.15) is 5.75 Å². The van der Waals surface area contributed by atoms with Gasteiger partial charge < -0.3 is 15.6 Å². The lowest BCUT2D eigenvalue weighted by Gasteiger charge is -2.08. The fourth-order valence-corrected chi connectivity index (χ4v) is 3.03. The molecule has 24 heavy (non-hydrogen) atoms. The van der Waals surface area contributed by atoms with Crippen molar-refractivity contribution in [1.82, 2.24) is 4.72 Å². The number of hydrogen-bond donors (Lipinski definition) is 3. The number of anilines is 1. The Morgan fingerprint density at radius 2 is 1.88 bits per heavy atom. The second kappa shape index (κ2) is 7.80. The third-order valence-electron chi connectivity index (χ3n) is 3.16. The van der Waals surface area contributed by atoms with E-state index in [0.29, 0.717) is 17.9 Å². The highest BCUT2D eigenvalue weighted by Gasteiger charge is 2.12. The minimum absolute atomic E-state index is 0.148. The fraction of sp³-hybridized carbons (Fsp3) is 0.188. The highest BCUT2D eigenvalue weighted by atomic mass is 32.2. The molecule has 2 rings (SSSR count). The summed E-state index contributed by atoms with van der Waals surface area (Å²) in [6.45, 7) is -0.220. The summed E-state index contributed by atoms with van der Waals surface area (Å²) in [6, 6.07) is 12.8. The van der Waals surface area contributed by atoms with E-state index in [0.717, 1.165) is 5.56 Å². The van der Waals surface area contributed by atoms with Crippen LogP contribution in [0.15, 0.2) is 53.4 Å².